The molecule has 14 heavy (non-hydrogen) atoms. The minimum absolute atomic E-state index is 0.00472. The standard InChI is InChI=1S/C8H10N2O3S/c1-2-6-13-8-7(14(9,11)12)4-3-5-10-8/h2-5H,1,6H2,(H2,9,11,12). The molecule has 0 radical (unpaired) electrons. The molecule has 0 saturated heterocycles. The Kier molecular flexibility index (Phi) is 3.21. The molecule has 1 rings (SSSR count). The summed E-state index contributed by atoms with van der Waals surface area (Å²) in [4.78, 5) is 3.63. The zero-order valence-corrected chi connectivity index (χ0v) is 8.20. The third kappa shape index (κ3) is 2.54. The Balaban J connectivity index is 3.10. The van der Waals surface area contributed by atoms with Crippen LogP contribution < -0.4 is 9.88 Å². The molecular weight excluding hydrogens is 204 g/mol. The van der Waals surface area contributed by atoms with Crippen LogP contribution in [0.5, 0.6) is 5.88 Å². The highest BCUT2D eigenvalue weighted by Crippen LogP contribution is 2.18. The molecule has 5 nitrogen and oxygen atoms in total. The number of nitrogens with two attached hydrogens (primary N) is 1. The summed E-state index contributed by atoms with van der Waals surface area (Å²) in [5.74, 6) is -0.00472. The number of hydrogen-bond donors (Lipinski definition) is 1. The average Bonchev–Trinajstić information content (AvgIpc) is 2.14. The third-order valence-electron chi connectivity index (χ3n) is 1.38. The van der Waals surface area contributed by atoms with E-state index in [-0.39, 0.29) is 17.4 Å². The summed E-state index contributed by atoms with van der Waals surface area (Å²) in [6.07, 6.45) is 2.91. The van der Waals surface area contributed by atoms with E-state index in [2.05, 4.69) is 11.6 Å². The Bertz CT molecular complexity index is 428. The number of aromatic nitrogens is 1. The van der Waals surface area contributed by atoms with Crippen molar-refractivity contribution in [3.8, 4) is 5.88 Å². The molecule has 0 spiro atoms. The van der Waals surface area contributed by atoms with Crippen molar-refractivity contribution in [2.75, 3.05) is 6.61 Å². The molecule has 0 aliphatic carbocycles. The molecule has 0 unspecified atom stereocenters. The molecule has 0 aromatic carbocycles. The van der Waals surface area contributed by atoms with Crippen molar-refractivity contribution >= 4 is 10.0 Å². The van der Waals surface area contributed by atoms with Crippen molar-refractivity contribution in [1.29, 1.82) is 0 Å². The van der Waals surface area contributed by atoms with Gasteiger partial charge in [-0.25, -0.2) is 18.5 Å². The van der Waals surface area contributed by atoms with Crippen LogP contribution in [0.15, 0.2) is 35.9 Å². The highest BCUT2D eigenvalue weighted by atomic mass is 32.2. The van der Waals surface area contributed by atoms with Gasteiger partial charge >= 0.3 is 0 Å². The lowest BCUT2D eigenvalue weighted by atomic mass is 10.5. The fraction of sp³-hybridized carbons (Fsp3) is 0.125. The van der Waals surface area contributed by atoms with Crippen molar-refractivity contribution in [1.82, 2.24) is 4.98 Å². The van der Waals surface area contributed by atoms with Crippen molar-refractivity contribution in [2.24, 2.45) is 5.14 Å². The lowest BCUT2D eigenvalue weighted by molar-refractivity contribution is 0.338. The predicted octanol–water partition coefficient (Wildman–Crippen LogP) is 0.294. The van der Waals surface area contributed by atoms with Gasteiger partial charge in [-0.05, 0) is 12.1 Å². The first-order valence-corrected chi connectivity index (χ1v) is 5.32. The van der Waals surface area contributed by atoms with Gasteiger partial charge in [0.05, 0.1) is 0 Å². The predicted molar refractivity (Wildman–Crippen MR) is 51.3 cm³/mol. The normalized spacial score (nSPS) is 10.9. The van der Waals surface area contributed by atoms with Crippen molar-refractivity contribution in [3.63, 3.8) is 0 Å². The summed E-state index contributed by atoms with van der Waals surface area (Å²) in [5.41, 5.74) is 0. The third-order valence-corrected chi connectivity index (χ3v) is 2.30. The number of pyridine rings is 1. The molecule has 2 N–H and O–H groups in total. The smallest absolute Gasteiger partial charge is 0.243 e. The van der Waals surface area contributed by atoms with Crippen LogP contribution in [-0.4, -0.2) is 20.0 Å². The Morgan fingerprint density at radius 1 is 1.64 bits per heavy atom. The fourth-order valence-electron chi connectivity index (χ4n) is 0.839. The van der Waals surface area contributed by atoms with Gasteiger partial charge in [0.25, 0.3) is 0 Å². The fourth-order valence-corrected chi connectivity index (χ4v) is 1.46. The highest BCUT2D eigenvalue weighted by Gasteiger charge is 2.15. The van der Waals surface area contributed by atoms with Crippen LogP contribution in [0.25, 0.3) is 0 Å². The summed E-state index contributed by atoms with van der Waals surface area (Å²) in [7, 11) is -3.79. The van der Waals surface area contributed by atoms with Crippen LogP contribution in [0.2, 0.25) is 0 Å². The molecular formula is C8H10N2O3S. The van der Waals surface area contributed by atoms with E-state index < -0.39 is 10.0 Å². The monoisotopic (exact) mass is 214 g/mol. The second-order valence-electron chi connectivity index (χ2n) is 2.45. The first-order chi connectivity index (χ1) is 6.55. The van der Waals surface area contributed by atoms with E-state index in [1.54, 1.807) is 0 Å². The zero-order chi connectivity index (χ0) is 10.6. The van der Waals surface area contributed by atoms with Gasteiger partial charge in [-0.1, -0.05) is 12.7 Å². The van der Waals surface area contributed by atoms with Crippen LogP contribution in [0.1, 0.15) is 0 Å². The summed E-state index contributed by atoms with van der Waals surface area (Å²) in [5, 5.41) is 4.96. The van der Waals surface area contributed by atoms with E-state index in [1.165, 1.54) is 24.4 Å². The van der Waals surface area contributed by atoms with E-state index >= 15 is 0 Å². The Morgan fingerprint density at radius 2 is 2.36 bits per heavy atom. The Morgan fingerprint density at radius 3 is 2.93 bits per heavy atom. The zero-order valence-electron chi connectivity index (χ0n) is 7.38. The molecule has 0 aliphatic heterocycles. The number of sulfonamides is 1. The van der Waals surface area contributed by atoms with E-state index in [1.807, 2.05) is 0 Å². The largest absolute Gasteiger partial charge is 0.472 e. The maximum absolute atomic E-state index is 11.0. The summed E-state index contributed by atoms with van der Waals surface area (Å²) in [6.45, 7) is 3.61. The summed E-state index contributed by atoms with van der Waals surface area (Å²) < 4.78 is 27.1. The highest BCUT2D eigenvalue weighted by molar-refractivity contribution is 7.89. The minimum Gasteiger partial charge on any atom is -0.472 e. The number of primary sulfonamides is 1. The molecule has 0 bridgehead atoms. The molecule has 0 aliphatic rings. The van der Waals surface area contributed by atoms with Gasteiger partial charge in [-0.2, -0.15) is 0 Å². The van der Waals surface area contributed by atoms with Crippen LogP contribution in [-0.2, 0) is 10.0 Å². The van der Waals surface area contributed by atoms with Crippen LogP contribution in [0, 0.1) is 0 Å². The molecule has 0 amide bonds. The first-order valence-electron chi connectivity index (χ1n) is 3.77. The molecule has 0 atom stereocenters. The summed E-state index contributed by atoms with van der Waals surface area (Å²) in [6, 6.07) is 2.81. The summed E-state index contributed by atoms with van der Waals surface area (Å²) >= 11 is 0. The molecule has 0 fully saturated rings. The maximum atomic E-state index is 11.0. The molecule has 6 heteroatoms. The molecule has 1 heterocycles. The minimum atomic E-state index is -3.79. The van der Waals surface area contributed by atoms with Gasteiger partial charge in [0, 0.05) is 6.20 Å². The molecule has 1 aromatic rings. The van der Waals surface area contributed by atoms with E-state index in [9.17, 15) is 8.42 Å². The van der Waals surface area contributed by atoms with Gasteiger partial charge < -0.3 is 4.74 Å². The average molecular weight is 214 g/mol. The van der Waals surface area contributed by atoms with Crippen LogP contribution >= 0.6 is 0 Å². The Labute approximate surface area is 82.3 Å². The maximum Gasteiger partial charge on any atom is 0.243 e. The number of hydrogen-bond acceptors (Lipinski definition) is 4. The van der Waals surface area contributed by atoms with Gasteiger partial charge in [0.15, 0.2) is 0 Å². The van der Waals surface area contributed by atoms with Crippen LogP contribution in [0.4, 0.5) is 0 Å². The lowest BCUT2D eigenvalue weighted by Crippen LogP contribution is -2.14. The van der Waals surface area contributed by atoms with E-state index in [4.69, 9.17) is 9.88 Å². The lowest BCUT2D eigenvalue weighted by Gasteiger charge is -2.05. The topological polar surface area (TPSA) is 82.3 Å². The van der Waals surface area contributed by atoms with Gasteiger partial charge in [-0.3, -0.25) is 0 Å². The quantitative estimate of drug-likeness (QED) is 0.730. The van der Waals surface area contributed by atoms with Gasteiger partial charge in [-0.15, -0.1) is 0 Å². The SMILES string of the molecule is C=CCOc1ncccc1S(N)(=O)=O. The molecule has 76 valence electrons. The van der Waals surface area contributed by atoms with E-state index in [0.29, 0.717) is 0 Å². The van der Waals surface area contributed by atoms with Crippen LogP contribution in [0.3, 0.4) is 0 Å². The van der Waals surface area contributed by atoms with Crippen molar-refractivity contribution in [3.05, 3.63) is 31.0 Å². The molecule has 0 saturated carbocycles. The number of nitrogens with zero attached hydrogens (tertiary/aromatic N) is 1. The second-order valence-corrected chi connectivity index (χ2v) is 3.98. The second kappa shape index (κ2) is 4.21. The number of ether oxygens (including phenoxy) is 1. The Hall–Kier alpha value is -1.40. The van der Waals surface area contributed by atoms with Gasteiger partial charge in [0.1, 0.15) is 11.5 Å². The van der Waals surface area contributed by atoms with Gasteiger partial charge in [0.2, 0.25) is 15.9 Å². The van der Waals surface area contributed by atoms with Crippen molar-refractivity contribution < 1.29 is 13.2 Å². The first kappa shape index (κ1) is 10.7. The molecule has 1 aromatic heterocycles. The van der Waals surface area contributed by atoms with E-state index in [0.717, 1.165) is 0 Å². The number of rotatable bonds is 4. The van der Waals surface area contributed by atoms with Crippen molar-refractivity contribution in [2.45, 2.75) is 4.90 Å².